The molecule has 0 aromatic heterocycles. The van der Waals surface area contributed by atoms with Crippen molar-refractivity contribution < 1.29 is 4.79 Å². The number of likely N-dealkylation sites (tertiary alicyclic amines) is 1. The molecule has 1 unspecified atom stereocenters. The molecule has 0 radical (unpaired) electrons. The molecule has 2 amide bonds. The van der Waals surface area contributed by atoms with Crippen LogP contribution in [0.3, 0.4) is 0 Å². The fraction of sp³-hybridized carbons (Fsp3) is 0.588. The molecule has 2 fully saturated rings. The Kier molecular flexibility index (Phi) is 4.69. The molecule has 1 aliphatic heterocycles. The van der Waals surface area contributed by atoms with Gasteiger partial charge in [-0.15, -0.1) is 0 Å². The lowest BCUT2D eigenvalue weighted by Crippen LogP contribution is -2.45. The van der Waals surface area contributed by atoms with Crippen molar-refractivity contribution in [1.82, 2.24) is 10.2 Å². The minimum atomic E-state index is 0.111. The fourth-order valence-corrected chi connectivity index (χ4v) is 3.67. The molecular formula is C17H23ClN2O. The highest BCUT2D eigenvalue weighted by Gasteiger charge is 2.31. The van der Waals surface area contributed by atoms with Gasteiger partial charge in [-0.1, -0.05) is 43.0 Å². The molecule has 1 N–H and O–H groups in total. The molecule has 1 saturated heterocycles. The third kappa shape index (κ3) is 3.52. The zero-order chi connectivity index (χ0) is 14.7. The normalized spacial score (nSPS) is 23.3. The summed E-state index contributed by atoms with van der Waals surface area (Å²) in [6.07, 6.45) is 8.17. The summed E-state index contributed by atoms with van der Waals surface area (Å²) in [6, 6.07) is 8.58. The monoisotopic (exact) mass is 306 g/mol. The number of urea groups is 1. The summed E-state index contributed by atoms with van der Waals surface area (Å²) < 4.78 is 0. The quantitative estimate of drug-likeness (QED) is 0.856. The smallest absolute Gasteiger partial charge is 0.318 e. The summed E-state index contributed by atoms with van der Waals surface area (Å²) in [5.41, 5.74) is 1.19. The molecule has 0 bridgehead atoms. The largest absolute Gasteiger partial charge is 0.335 e. The van der Waals surface area contributed by atoms with Gasteiger partial charge < -0.3 is 10.2 Å². The summed E-state index contributed by atoms with van der Waals surface area (Å²) in [7, 11) is 0. The number of carbonyl (C=O) groups excluding carboxylic acids is 1. The van der Waals surface area contributed by atoms with Crippen LogP contribution in [-0.4, -0.2) is 23.5 Å². The fourth-order valence-electron chi connectivity index (χ4n) is 3.55. The van der Waals surface area contributed by atoms with Crippen molar-refractivity contribution in [2.24, 2.45) is 0 Å². The molecule has 0 spiro atoms. The zero-order valence-electron chi connectivity index (χ0n) is 12.4. The first-order chi connectivity index (χ1) is 10.2. The predicted octanol–water partition coefficient (Wildman–Crippen LogP) is 4.52. The third-order valence-corrected chi connectivity index (χ3v) is 4.95. The number of benzene rings is 1. The first-order valence-corrected chi connectivity index (χ1v) is 8.44. The number of nitrogens with zero attached hydrogens (tertiary/aromatic N) is 1. The van der Waals surface area contributed by atoms with Crippen LogP contribution < -0.4 is 5.32 Å². The van der Waals surface area contributed by atoms with Crippen LogP contribution in [0.4, 0.5) is 4.79 Å². The molecule has 3 rings (SSSR count). The lowest BCUT2D eigenvalue weighted by molar-refractivity contribution is 0.185. The van der Waals surface area contributed by atoms with E-state index in [2.05, 4.69) is 5.32 Å². The van der Waals surface area contributed by atoms with Gasteiger partial charge in [-0.3, -0.25) is 0 Å². The van der Waals surface area contributed by atoms with Crippen LogP contribution in [0.1, 0.15) is 56.6 Å². The summed E-state index contributed by atoms with van der Waals surface area (Å²) in [4.78, 5) is 14.6. The van der Waals surface area contributed by atoms with E-state index in [1.165, 1.54) is 24.8 Å². The van der Waals surface area contributed by atoms with Crippen molar-refractivity contribution in [3.05, 3.63) is 34.9 Å². The van der Waals surface area contributed by atoms with E-state index in [1.807, 2.05) is 29.2 Å². The number of hydrogen-bond donors (Lipinski definition) is 1. The van der Waals surface area contributed by atoms with Crippen molar-refractivity contribution in [1.29, 1.82) is 0 Å². The van der Waals surface area contributed by atoms with Crippen LogP contribution >= 0.6 is 11.6 Å². The molecular weight excluding hydrogens is 284 g/mol. The highest BCUT2D eigenvalue weighted by Crippen LogP contribution is 2.32. The standard InChI is InChI=1S/C17H23ClN2O/c18-14-10-8-13(9-11-14)16-7-4-12-20(16)17(21)19-15-5-2-1-3-6-15/h8-11,15-16H,1-7,12H2,(H,19,21). The van der Waals surface area contributed by atoms with E-state index in [4.69, 9.17) is 11.6 Å². The Labute approximate surface area is 131 Å². The Bertz CT molecular complexity index is 482. The number of hydrogen-bond acceptors (Lipinski definition) is 1. The maximum Gasteiger partial charge on any atom is 0.318 e. The second kappa shape index (κ2) is 6.69. The second-order valence-electron chi connectivity index (χ2n) is 6.19. The summed E-state index contributed by atoms with van der Waals surface area (Å²) >= 11 is 5.95. The van der Waals surface area contributed by atoms with E-state index in [0.29, 0.717) is 6.04 Å². The van der Waals surface area contributed by atoms with Crippen molar-refractivity contribution >= 4 is 17.6 Å². The highest BCUT2D eigenvalue weighted by molar-refractivity contribution is 6.30. The minimum absolute atomic E-state index is 0.111. The number of nitrogens with one attached hydrogen (secondary N) is 1. The van der Waals surface area contributed by atoms with Crippen molar-refractivity contribution in [3.63, 3.8) is 0 Å². The van der Waals surface area contributed by atoms with Crippen molar-refractivity contribution in [3.8, 4) is 0 Å². The molecule has 1 atom stereocenters. The van der Waals surface area contributed by atoms with Gasteiger partial charge in [-0.05, 0) is 43.4 Å². The van der Waals surface area contributed by atoms with Gasteiger partial charge in [-0.2, -0.15) is 0 Å². The number of amides is 2. The van der Waals surface area contributed by atoms with E-state index >= 15 is 0 Å². The summed E-state index contributed by atoms with van der Waals surface area (Å²) in [5, 5.41) is 3.98. The van der Waals surface area contributed by atoms with Gasteiger partial charge in [0.15, 0.2) is 0 Å². The SMILES string of the molecule is O=C(NC1CCCCC1)N1CCCC1c1ccc(Cl)cc1. The first-order valence-electron chi connectivity index (χ1n) is 8.06. The first kappa shape index (κ1) is 14.7. The van der Waals surface area contributed by atoms with Crippen LogP contribution in [0.15, 0.2) is 24.3 Å². The molecule has 1 heterocycles. The number of rotatable bonds is 2. The van der Waals surface area contributed by atoms with E-state index in [1.54, 1.807) is 0 Å². The van der Waals surface area contributed by atoms with E-state index < -0.39 is 0 Å². The van der Waals surface area contributed by atoms with Gasteiger partial charge in [0, 0.05) is 17.6 Å². The van der Waals surface area contributed by atoms with Gasteiger partial charge in [0.05, 0.1) is 6.04 Å². The van der Waals surface area contributed by atoms with Crippen molar-refractivity contribution in [2.75, 3.05) is 6.54 Å². The molecule has 2 aliphatic rings. The van der Waals surface area contributed by atoms with Crippen LogP contribution in [0, 0.1) is 0 Å². The second-order valence-corrected chi connectivity index (χ2v) is 6.62. The van der Waals surface area contributed by atoms with Gasteiger partial charge >= 0.3 is 6.03 Å². The molecule has 114 valence electrons. The van der Waals surface area contributed by atoms with E-state index in [-0.39, 0.29) is 12.1 Å². The van der Waals surface area contributed by atoms with Gasteiger partial charge in [-0.25, -0.2) is 4.79 Å². The lowest BCUT2D eigenvalue weighted by atomic mass is 9.96. The maximum atomic E-state index is 12.6. The van der Waals surface area contributed by atoms with E-state index in [9.17, 15) is 4.79 Å². The average Bonchev–Trinajstić information content (AvgIpc) is 2.98. The predicted molar refractivity (Wildman–Crippen MR) is 85.5 cm³/mol. The Balaban J connectivity index is 1.65. The molecule has 4 heteroatoms. The third-order valence-electron chi connectivity index (χ3n) is 4.70. The molecule has 1 aromatic rings. The molecule has 3 nitrogen and oxygen atoms in total. The van der Waals surface area contributed by atoms with Crippen molar-refractivity contribution in [2.45, 2.75) is 57.0 Å². The topological polar surface area (TPSA) is 32.3 Å². The minimum Gasteiger partial charge on any atom is -0.335 e. The zero-order valence-corrected chi connectivity index (χ0v) is 13.1. The van der Waals surface area contributed by atoms with E-state index in [0.717, 1.165) is 37.3 Å². The maximum absolute atomic E-state index is 12.6. The molecule has 1 aliphatic carbocycles. The van der Waals surface area contributed by atoms with Crippen LogP contribution in [-0.2, 0) is 0 Å². The van der Waals surface area contributed by atoms with Gasteiger partial charge in [0.1, 0.15) is 0 Å². The summed E-state index contributed by atoms with van der Waals surface area (Å²) in [5.74, 6) is 0. The Morgan fingerprint density at radius 3 is 2.48 bits per heavy atom. The highest BCUT2D eigenvalue weighted by atomic mass is 35.5. The molecule has 21 heavy (non-hydrogen) atoms. The van der Waals surface area contributed by atoms with Crippen LogP contribution in [0.25, 0.3) is 0 Å². The number of carbonyl (C=O) groups is 1. The molecule has 1 aromatic carbocycles. The molecule has 1 saturated carbocycles. The lowest BCUT2D eigenvalue weighted by Gasteiger charge is -2.29. The Hall–Kier alpha value is -1.22. The van der Waals surface area contributed by atoms with Crippen LogP contribution in [0.5, 0.6) is 0 Å². The Morgan fingerprint density at radius 1 is 1.05 bits per heavy atom. The summed E-state index contributed by atoms with van der Waals surface area (Å²) in [6.45, 7) is 0.853. The average molecular weight is 307 g/mol. The van der Waals surface area contributed by atoms with Crippen LogP contribution in [0.2, 0.25) is 5.02 Å². The van der Waals surface area contributed by atoms with Gasteiger partial charge in [0.25, 0.3) is 0 Å². The Morgan fingerprint density at radius 2 is 1.76 bits per heavy atom. The van der Waals surface area contributed by atoms with Gasteiger partial charge in [0.2, 0.25) is 0 Å². The number of halogens is 1.